The Morgan fingerprint density at radius 3 is 2.76 bits per heavy atom. The van der Waals surface area contributed by atoms with Crippen molar-refractivity contribution < 1.29 is 4.79 Å². The molecule has 0 unspecified atom stereocenters. The molecule has 0 aliphatic heterocycles. The third kappa shape index (κ3) is 4.29. The molecule has 21 heavy (non-hydrogen) atoms. The first-order valence-corrected chi connectivity index (χ1v) is 7.62. The van der Waals surface area contributed by atoms with Crippen LogP contribution in [0.2, 0.25) is 0 Å². The van der Waals surface area contributed by atoms with Crippen molar-refractivity contribution in [1.29, 1.82) is 0 Å². The van der Waals surface area contributed by atoms with Crippen LogP contribution >= 0.6 is 15.9 Å². The van der Waals surface area contributed by atoms with E-state index in [1.165, 1.54) is 0 Å². The van der Waals surface area contributed by atoms with E-state index in [1.54, 1.807) is 6.20 Å². The van der Waals surface area contributed by atoms with Gasteiger partial charge in [0.2, 0.25) is 5.91 Å². The molecule has 1 aromatic heterocycles. The second-order valence-electron chi connectivity index (χ2n) is 4.74. The van der Waals surface area contributed by atoms with Crippen molar-refractivity contribution in [3.05, 3.63) is 52.3 Å². The Morgan fingerprint density at radius 2 is 2.05 bits per heavy atom. The molecule has 110 valence electrons. The molecular weight excluding hydrogens is 330 g/mol. The average molecular weight is 348 g/mol. The zero-order valence-electron chi connectivity index (χ0n) is 12.1. The number of benzene rings is 1. The Hall–Kier alpha value is -1.88. The second kappa shape index (κ2) is 7.22. The topological polar surface area (TPSA) is 54.0 Å². The van der Waals surface area contributed by atoms with Gasteiger partial charge >= 0.3 is 0 Å². The summed E-state index contributed by atoms with van der Waals surface area (Å²) in [6, 6.07) is 7.87. The van der Waals surface area contributed by atoms with Gasteiger partial charge < -0.3 is 10.6 Å². The molecule has 1 heterocycles. The SMILES string of the molecule is CCC(=O)Nc1cccc(NCc2cncc(Br)c2)c1C. The molecule has 0 saturated carbocycles. The minimum absolute atomic E-state index is 0.0199. The van der Waals surface area contributed by atoms with E-state index in [4.69, 9.17) is 0 Å². The lowest BCUT2D eigenvalue weighted by molar-refractivity contribution is -0.115. The number of carbonyl (C=O) groups is 1. The first kappa shape index (κ1) is 15.5. The lowest BCUT2D eigenvalue weighted by Gasteiger charge is -2.14. The number of carbonyl (C=O) groups excluding carboxylic acids is 1. The Morgan fingerprint density at radius 1 is 1.29 bits per heavy atom. The van der Waals surface area contributed by atoms with Crippen LogP contribution in [0, 0.1) is 6.92 Å². The van der Waals surface area contributed by atoms with Gasteiger partial charge in [-0.15, -0.1) is 0 Å². The molecule has 0 spiro atoms. The Balaban J connectivity index is 2.10. The minimum Gasteiger partial charge on any atom is -0.381 e. The molecule has 0 radical (unpaired) electrons. The zero-order chi connectivity index (χ0) is 15.2. The molecule has 4 nitrogen and oxygen atoms in total. The maximum Gasteiger partial charge on any atom is 0.224 e. The number of aromatic nitrogens is 1. The summed E-state index contributed by atoms with van der Waals surface area (Å²) in [7, 11) is 0. The van der Waals surface area contributed by atoms with Crippen molar-refractivity contribution in [3.63, 3.8) is 0 Å². The number of hydrogen-bond acceptors (Lipinski definition) is 3. The first-order valence-electron chi connectivity index (χ1n) is 6.83. The molecule has 2 aromatic rings. The first-order chi connectivity index (χ1) is 10.1. The predicted octanol–water partition coefficient (Wildman–Crippen LogP) is 4.11. The Kier molecular flexibility index (Phi) is 5.33. The third-order valence-electron chi connectivity index (χ3n) is 3.17. The van der Waals surface area contributed by atoms with Gasteiger partial charge in [0.1, 0.15) is 0 Å². The summed E-state index contributed by atoms with van der Waals surface area (Å²) < 4.78 is 0.961. The highest BCUT2D eigenvalue weighted by Crippen LogP contribution is 2.24. The number of nitrogens with zero attached hydrogens (tertiary/aromatic N) is 1. The fraction of sp³-hybridized carbons (Fsp3) is 0.250. The van der Waals surface area contributed by atoms with E-state index in [2.05, 4.69) is 31.5 Å². The maximum atomic E-state index is 11.5. The summed E-state index contributed by atoms with van der Waals surface area (Å²) in [6.07, 6.45) is 4.06. The fourth-order valence-electron chi connectivity index (χ4n) is 1.95. The number of hydrogen-bond donors (Lipinski definition) is 2. The molecule has 1 aromatic carbocycles. The quantitative estimate of drug-likeness (QED) is 0.855. The van der Waals surface area contributed by atoms with Crippen LogP contribution in [0.3, 0.4) is 0 Å². The van der Waals surface area contributed by atoms with Crippen LogP contribution in [0.1, 0.15) is 24.5 Å². The summed E-state index contributed by atoms with van der Waals surface area (Å²) in [5.41, 5.74) is 3.97. The van der Waals surface area contributed by atoms with Crippen LogP contribution in [0.5, 0.6) is 0 Å². The normalized spacial score (nSPS) is 10.2. The summed E-state index contributed by atoms with van der Waals surface area (Å²) >= 11 is 3.41. The number of rotatable bonds is 5. The van der Waals surface area contributed by atoms with Crippen molar-refractivity contribution in [3.8, 4) is 0 Å². The van der Waals surface area contributed by atoms with E-state index in [0.29, 0.717) is 13.0 Å². The van der Waals surface area contributed by atoms with Gasteiger partial charge in [0.15, 0.2) is 0 Å². The molecule has 2 N–H and O–H groups in total. The van der Waals surface area contributed by atoms with Crippen molar-refractivity contribution in [2.24, 2.45) is 0 Å². The number of anilines is 2. The van der Waals surface area contributed by atoms with Gasteiger partial charge in [-0.3, -0.25) is 9.78 Å². The molecule has 1 amide bonds. The Labute approximate surface area is 133 Å². The number of halogens is 1. The highest BCUT2D eigenvalue weighted by molar-refractivity contribution is 9.10. The van der Waals surface area contributed by atoms with E-state index in [-0.39, 0.29) is 5.91 Å². The summed E-state index contributed by atoms with van der Waals surface area (Å²) in [4.78, 5) is 15.7. The lowest BCUT2D eigenvalue weighted by atomic mass is 10.1. The van der Waals surface area contributed by atoms with E-state index in [9.17, 15) is 4.79 Å². The monoisotopic (exact) mass is 347 g/mol. The molecule has 0 aliphatic rings. The van der Waals surface area contributed by atoms with Crippen molar-refractivity contribution in [1.82, 2.24) is 4.98 Å². The van der Waals surface area contributed by atoms with Crippen LogP contribution in [0.4, 0.5) is 11.4 Å². The fourth-order valence-corrected chi connectivity index (χ4v) is 2.36. The van der Waals surface area contributed by atoms with E-state index in [0.717, 1.165) is 27.0 Å². The standard InChI is InChI=1S/C16H18BrN3O/c1-3-16(21)20-15-6-4-5-14(11(15)2)19-9-12-7-13(17)10-18-8-12/h4-8,10,19H,3,9H2,1-2H3,(H,20,21). The molecule has 5 heteroatoms. The highest BCUT2D eigenvalue weighted by atomic mass is 79.9. The third-order valence-corrected chi connectivity index (χ3v) is 3.61. The van der Waals surface area contributed by atoms with Crippen LogP contribution < -0.4 is 10.6 Å². The van der Waals surface area contributed by atoms with E-state index in [1.807, 2.05) is 44.3 Å². The van der Waals surface area contributed by atoms with Gasteiger partial charge in [0.05, 0.1) is 0 Å². The summed E-state index contributed by atoms with van der Waals surface area (Å²) in [6.45, 7) is 4.51. The average Bonchev–Trinajstić information content (AvgIpc) is 2.48. The molecular formula is C16H18BrN3O. The van der Waals surface area contributed by atoms with Gasteiger partial charge in [-0.2, -0.15) is 0 Å². The number of amides is 1. The molecule has 2 rings (SSSR count). The highest BCUT2D eigenvalue weighted by Gasteiger charge is 2.06. The van der Waals surface area contributed by atoms with E-state index < -0.39 is 0 Å². The summed E-state index contributed by atoms with van der Waals surface area (Å²) in [5.74, 6) is 0.0199. The van der Waals surface area contributed by atoms with Crippen LogP contribution in [0.15, 0.2) is 41.1 Å². The van der Waals surface area contributed by atoms with E-state index >= 15 is 0 Å². The predicted molar refractivity (Wildman–Crippen MR) is 89.4 cm³/mol. The van der Waals surface area contributed by atoms with Gasteiger partial charge in [-0.1, -0.05) is 13.0 Å². The van der Waals surface area contributed by atoms with Gasteiger partial charge in [-0.25, -0.2) is 0 Å². The molecule has 0 atom stereocenters. The number of nitrogens with one attached hydrogen (secondary N) is 2. The lowest BCUT2D eigenvalue weighted by Crippen LogP contribution is -2.11. The van der Waals surface area contributed by atoms with Gasteiger partial charge in [0, 0.05) is 41.2 Å². The Bertz CT molecular complexity index is 643. The van der Waals surface area contributed by atoms with Crippen LogP contribution in [0.25, 0.3) is 0 Å². The van der Waals surface area contributed by atoms with Crippen LogP contribution in [-0.2, 0) is 11.3 Å². The second-order valence-corrected chi connectivity index (χ2v) is 5.66. The molecule has 0 aliphatic carbocycles. The smallest absolute Gasteiger partial charge is 0.224 e. The summed E-state index contributed by atoms with van der Waals surface area (Å²) in [5, 5.41) is 6.28. The van der Waals surface area contributed by atoms with Crippen molar-refractivity contribution in [2.75, 3.05) is 10.6 Å². The minimum atomic E-state index is 0.0199. The van der Waals surface area contributed by atoms with Gasteiger partial charge in [-0.05, 0) is 52.2 Å². The van der Waals surface area contributed by atoms with Crippen LogP contribution in [-0.4, -0.2) is 10.9 Å². The largest absolute Gasteiger partial charge is 0.381 e. The molecule has 0 bridgehead atoms. The van der Waals surface area contributed by atoms with Crippen molar-refractivity contribution in [2.45, 2.75) is 26.8 Å². The maximum absolute atomic E-state index is 11.5. The van der Waals surface area contributed by atoms with Gasteiger partial charge in [0.25, 0.3) is 0 Å². The molecule has 0 saturated heterocycles. The molecule has 0 fully saturated rings. The number of pyridine rings is 1. The zero-order valence-corrected chi connectivity index (χ0v) is 13.7. The van der Waals surface area contributed by atoms with Crippen molar-refractivity contribution >= 4 is 33.2 Å².